The summed E-state index contributed by atoms with van der Waals surface area (Å²) >= 11 is 0. The van der Waals surface area contributed by atoms with E-state index in [4.69, 9.17) is 0 Å². The highest BCUT2D eigenvalue weighted by Gasteiger charge is 2.71. The molecular weight excluding hydrogens is 528 g/mol. The molecule has 0 saturated carbocycles. The summed E-state index contributed by atoms with van der Waals surface area (Å²) in [5.41, 5.74) is -4.26. The van der Waals surface area contributed by atoms with Gasteiger partial charge in [0.05, 0.1) is 5.54 Å². The Kier molecular flexibility index (Phi) is 10.9. The molecule has 1 aliphatic heterocycles. The molecule has 0 aliphatic carbocycles. The number of benzene rings is 2. The normalized spacial score (nSPS) is 16.7. The molecule has 0 saturated heterocycles. The second kappa shape index (κ2) is 13.3. The van der Waals surface area contributed by atoms with E-state index in [0.29, 0.717) is 24.1 Å². The summed E-state index contributed by atoms with van der Waals surface area (Å²) in [5, 5.41) is 9.95. The molecule has 1 atom stereocenters. The number of rotatable bonds is 7. The van der Waals surface area contributed by atoms with Gasteiger partial charge in [-0.2, -0.15) is 26.3 Å². The van der Waals surface area contributed by atoms with Crippen LogP contribution in [0.3, 0.4) is 0 Å². The Morgan fingerprint density at radius 3 is 1.98 bits per heavy atom. The summed E-state index contributed by atoms with van der Waals surface area (Å²) in [6, 6.07) is 12.3. The van der Waals surface area contributed by atoms with Gasteiger partial charge in [0.15, 0.2) is 0 Å². The number of hydrogen-bond acceptors (Lipinski definition) is 2. The molecule has 1 heterocycles. The van der Waals surface area contributed by atoms with Gasteiger partial charge in [0.1, 0.15) is 0 Å². The molecule has 1 aliphatic rings. The summed E-state index contributed by atoms with van der Waals surface area (Å²) in [7, 11) is 0. The monoisotopic (exact) mass is 563 g/mol. The lowest BCUT2D eigenvalue weighted by molar-refractivity contribution is -0.376. The topological polar surface area (TPSA) is 23.5 Å². The van der Waals surface area contributed by atoms with Crippen molar-refractivity contribution in [1.29, 1.82) is 0 Å². The highest BCUT2D eigenvalue weighted by molar-refractivity contribution is 5.44. The van der Waals surface area contributed by atoms with Crippen LogP contribution in [0.4, 0.5) is 26.3 Å². The molecule has 2 aromatic carbocycles. The van der Waals surface area contributed by atoms with Gasteiger partial charge < -0.3 is 5.11 Å². The van der Waals surface area contributed by atoms with Gasteiger partial charge in [0, 0.05) is 18.7 Å². The first-order chi connectivity index (χ1) is 18.7. The van der Waals surface area contributed by atoms with Gasteiger partial charge in [-0.3, -0.25) is 4.90 Å². The molecule has 1 unspecified atom stereocenters. The lowest BCUT2D eigenvalue weighted by atomic mass is 9.78. The molecule has 3 rings (SSSR count). The first-order valence-electron chi connectivity index (χ1n) is 12.7. The minimum absolute atomic E-state index is 0.0740. The number of allylic oxidation sites excluding steroid dienone is 6. The van der Waals surface area contributed by atoms with Crippen molar-refractivity contribution in [3.63, 3.8) is 0 Å². The van der Waals surface area contributed by atoms with Gasteiger partial charge in [-0.25, -0.2) is 0 Å². The van der Waals surface area contributed by atoms with Crippen molar-refractivity contribution in [3.8, 4) is 0 Å². The SMILES string of the molecule is C=C/C=C\C=C\C(/C(C)=C/C)(c1ccccc1)N1CCc2ccc(C(O)(C(F)(F)F)C(F)(F)F)cc2C1.C=CC. The van der Waals surface area contributed by atoms with Gasteiger partial charge in [0.2, 0.25) is 0 Å². The van der Waals surface area contributed by atoms with E-state index >= 15 is 0 Å². The van der Waals surface area contributed by atoms with E-state index in [1.807, 2.05) is 74.2 Å². The summed E-state index contributed by atoms with van der Waals surface area (Å²) in [6.45, 7) is 13.3. The Labute approximate surface area is 232 Å². The smallest absolute Gasteiger partial charge is 0.369 e. The fourth-order valence-electron chi connectivity index (χ4n) is 4.81. The highest BCUT2D eigenvalue weighted by atomic mass is 19.4. The number of aliphatic hydroxyl groups is 1. The highest BCUT2D eigenvalue weighted by Crippen LogP contribution is 2.50. The Bertz CT molecular complexity index is 1230. The molecule has 40 heavy (non-hydrogen) atoms. The molecule has 0 radical (unpaired) electrons. The Morgan fingerprint density at radius 2 is 1.45 bits per heavy atom. The third-order valence-electron chi connectivity index (χ3n) is 6.90. The number of halogens is 6. The zero-order valence-corrected chi connectivity index (χ0v) is 22.9. The van der Waals surface area contributed by atoms with Crippen molar-refractivity contribution in [1.82, 2.24) is 4.90 Å². The van der Waals surface area contributed by atoms with E-state index in [0.717, 1.165) is 23.3 Å². The Hall–Kier alpha value is -3.36. The van der Waals surface area contributed by atoms with E-state index in [2.05, 4.69) is 13.2 Å². The predicted octanol–water partition coefficient (Wildman–Crippen LogP) is 8.71. The summed E-state index contributed by atoms with van der Waals surface area (Å²) in [4.78, 5) is 2.03. The molecule has 0 spiro atoms. The Balaban J connectivity index is 0.00000178. The average Bonchev–Trinajstić information content (AvgIpc) is 2.91. The number of nitrogens with zero attached hydrogens (tertiary/aromatic N) is 1. The second-order valence-electron chi connectivity index (χ2n) is 9.35. The van der Waals surface area contributed by atoms with E-state index in [1.54, 1.807) is 24.3 Å². The van der Waals surface area contributed by atoms with E-state index in [-0.39, 0.29) is 6.54 Å². The first kappa shape index (κ1) is 32.8. The Morgan fingerprint density at radius 1 is 0.850 bits per heavy atom. The van der Waals surface area contributed by atoms with Gasteiger partial charge in [-0.05, 0) is 49.5 Å². The molecule has 0 amide bonds. The summed E-state index contributed by atoms with van der Waals surface area (Å²) < 4.78 is 81.3. The van der Waals surface area contributed by atoms with Crippen LogP contribution in [0.15, 0.2) is 110 Å². The lowest BCUT2D eigenvalue weighted by Gasteiger charge is -2.46. The van der Waals surface area contributed by atoms with Crippen molar-refractivity contribution in [3.05, 3.63) is 132 Å². The molecule has 216 valence electrons. The van der Waals surface area contributed by atoms with E-state index in [9.17, 15) is 31.4 Å². The molecule has 0 fully saturated rings. The van der Waals surface area contributed by atoms with Crippen molar-refractivity contribution in [2.75, 3.05) is 6.54 Å². The molecule has 2 nitrogen and oxygen atoms in total. The van der Waals surface area contributed by atoms with Crippen LogP contribution >= 0.6 is 0 Å². The largest absolute Gasteiger partial charge is 0.430 e. The number of alkyl halides is 6. The maximum atomic E-state index is 13.5. The van der Waals surface area contributed by atoms with Gasteiger partial charge in [-0.15, -0.1) is 6.58 Å². The van der Waals surface area contributed by atoms with Gasteiger partial charge in [-0.1, -0.05) is 97.6 Å². The lowest BCUT2D eigenvalue weighted by Crippen LogP contribution is -2.54. The van der Waals surface area contributed by atoms with Crippen LogP contribution in [0.1, 0.15) is 43.0 Å². The quantitative estimate of drug-likeness (QED) is 0.207. The maximum Gasteiger partial charge on any atom is 0.430 e. The minimum atomic E-state index is -5.94. The third-order valence-corrected chi connectivity index (χ3v) is 6.90. The summed E-state index contributed by atoms with van der Waals surface area (Å²) in [6.07, 6.45) is 1.21. The number of hydrogen-bond donors (Lipinski definition) is 1. The zero-order chi connectivity index (χ0) is 30.2. The molecule has 1 N–H and O–H groups in total. The average molecular weight is 564 g/mol. The van der Waals surface area contributed by atoms with Crippen LogP contribution in [0.25, 0.3) is 0 Å². The fraction of sp³-hybridized carbons (Fsp3) is 0.312. The first-order valence-corrected chi connectivity index (χ1v) is 12.7. The van der Waals surface area contributed by atoms with Crippen LogP contribution in [-0.4, -0.2) is 28.9 Å². The van der Waals surface area contributed by atoms with Crippen molar-refractivity contribution >= 4 is 0 Å². The van der Waals surface area contributed by atoms with Crippen molar-refractivity contribution < 1.29 is 31.4 Å². The molecule has 0 bridgehead atoms. The van der Waals surface area contributed by atoms with Crippen LogP contribution < -0.4 is 0 Å². The second-order valence-corrected chi connectivity index (χ2v) is 9.35. The zero-order valence-electron chi connectivity index (χ0n) is 22.9. The van der Waals surface area contributed by atoms with E-state index in [1.165, 1.54) is 6.07 Å². The molecular formula is C32H35F6NO. The molecule has 0 aromatic heterocycles. The summed E-state index contributed by atoms with van der Waals surface area (Å²) in [5.74, 6) is 0. The standard InChI is InChI=1S/C29H29F6NO.C3H6/c1-4-6-7-11-17-26(21(3)5-2,24-12-9-8-10-13-24)36-18-16-22-14-15-25(19-23(22)20-36)27(37,28(30,31)32)29(33,34)35;1-3-2/h4-15,17,19,37H,1,16,18,20H2,2-3H3;3H,1H2,2H3/b7-6-,17-11+,21-5+;. The third kappa shape index (κ3) is 6.50. The van der Waals surface area contributed by atoms with Crippen LogP contribution in [-0.2, 0) is 24.1 Å². The number of fused-ring (bicyclic) bond motifs is 1. The van der Waals surface area contributed by atoms with Crippen molar-refractivity contribution in [2.45, 2.75) is 57.2 Å². The van der Waals surface area contributed by atoms with Crippen LogP contribution in [0.5, 0.6) is 0 Å². The minimum Gasteiger partial charge on any atom is -0.369 e. The van der Waals surface area contributed by atoms with E-state index < -0.39 is 29.1 Å². The van der Waals surface area contributed by atoms with Gasteiger partial charge >= 0.3 is 12.4 Å². The molecule has 2 aromatic rings. The van der Waals surface area contributed by atoms with Gasteiger partial charge in [0.25, 0.3) is 5.60 Å². The maximum absolute atomic E-state index is 13.5. The van der Waals surface area contributed by atoms with Crippen LogP contribution in [0, 0.1) is 0 Å². The van der Waals surface area contributed by atoms with Crippen LogP contribution in [0.2, 0.25) is 0 Å². The predicted molar refractivity (Wildman–Crippen MR) is 148 cm³/mol. The fourth-order valence-corrected chi connectivity index (χ4v) is 4.81. The molecule has 8 heteroatoms. The van der Waals surface area contributed by atoms with Crippen molar-refractivity contribution in [2.24, 2.45) is 0 Å².